The van der Waals surface area contributed by atoms with Crippen LogP contribution in [0.1, 0.15) is 11.3 Å². The molecular formula is C10H10N2O3. The van der Waals surface area contributed by atoms with Gasteiger partial charge in [0.25, 0.3) is 0 Å². The second kappa shape index (κ2) is 3.27. The molecule has 2 rings (SSSR count). The molecule has 0 fully saturated rings. The smallest absolute Gasteiger partial charge is 0.330 e. The van der Waals surface area contributed by atoms with Crippen molar-refractivity contribution in [1.82, 2.24) is 9.38 Å². The van der Waals surface area contributed by atoms with E-state index in [4.69, 9.17) is 5.11 Å². The molecule has 15 heavy (non-hydrogen) atoms. The minimum absolute atomic E-state index is 0.0693. The number of aromatic amines is 1. The fourth-order valence-electron chi connectivity index (χ4n) is 1.58. The molecule has 0 saturated carbocycles. The number of carboxylic acids is 1. The monoisotopic (exact) mass is 206 g/mol. The maximum absolute atomic E-state index is 11.5. The van der Waals surface area contributed by atoms with E-state index in [0.717, 1.165) is 5.69 Å². The predicted octanol–water partition coefficient (Wildman–Crippen LogP) is 0.563. The summed E-state index contributed by atoms with van der Waals surface area (Å²) in [6.07, 6.45) is 1.47. The summed E-state index contributed by atoms with van der Waals surface area (Å²) >= 11 is 0. The number of hydrogen-bond acceptors (Lipinski definition) is 2. The van der Waals surface area contributed by atoms with Gasteiger partial charge in [-0.2, -0.15) is 0 Å². The molecule has 0 unspecified atom stereocenters. The van der Waals surface area contributed by atoms with Crippen molar-refractivity contribution >= 4 is 11.5 Å². The van der Waals surface area contributed by atoms with E-state index in [2.05, 4.69) is 4.98 Å². The van der Waals surface area contributed by atoms with Crippen LogP contribution in [0.3, 0.4) is 0 Å². The zero-order valence-electron chi connectivity index (χ0n) is 8.15. The van der Waals surface area contributed by atoms with Crippen LogP contribution in [0.15, 0.2) is 23.1 Å². The van der Waals surface area contributed by atoms with Crippen LogP contribution in [0.5, 0.6) is 0 Å². The van der Waals surface area contributed by atoms with E-state index in [1.807, 2.05) is 0 Å². The van der Waals surface area contributed by atoms with E-state index in [0.29, 0.717) is 11.1 Å². The summed E-state index contributed by atoms with van der Waals surface area (Å²) in [7, 11) is 0. The van der Waals surface area contributed by atoms with Crippen LogP contribution in [0.4, 0.5) is 0 Å². The number of aryl methyl sites for hydroxylation is 1. The molecule has 2 aromatic heterocycles. The van der Waals surface area contributed by atoms with Crippen molar-refractivity contribution in [2.24, 2.45) is 0 Å². The van der Waals surface area contributed by atoms with Gasteiger partial charge in [-0.1, -0.05) is 0 Å². The Bertz CT molecular complexity index is 580. The number of nitrogens with zero attached hydrogens (tertiary/aromatic N) is 1. The molecule has 0 spiro atoms. The second-order valence-electron chi connectivity index (χ2n) is 3.47. The molecular weight excluding hydrogens is 196 g/mol. The number of rotatable bonds is 2. The average Bonchev–Trinajstić information content (AvgIpc) is 2.45. The van der Waals surface area contributed by atoms with Gasteiger partial charge in [-0.05, 0) is 24.6 Å². The molecule has 0 aromatic carbocycles. The van der Waals surface area contributed by atoms with E-state index in [-0.39, 0.29) is 12.1 Å². The zero-order valence-corrected chi connectivity index (χ0v) is 8.15. The van der Waals surface area contributed by atoms with E-state index in [9.17, 15) is 9.59 Å². The van der Waals surface area contributed by atoms with E-state index in [1.165, 1.54) is 4.40 Å². The number of carbonyl (C=O) groups is 1. The lowest BCUT2D eigenvalue weighted by atomic mass is 10.2. The molecule has 0 aliphatic heterocycles. The number of carboxylic acid groups (broad SMARTS) is 1. The van der Waals surface area contributed by atoms with E-state index in [1.54, 1.807) is 25.3 Å². The van der Waals surface area contributed by atoms with Crippen molar-refractivity contribution in [2.75, 3.05) is 0 Å². The highest BCUT2D eigenvalue weighted by molar-refractivity contribution is 5.71. The summed E-state index contributed by atoms with van der Waals surface area (Å²) in [6.45, 7) is 1.78. The first-order chi connectivity index (χ1) is 7.06. The summed E-state index contributed by atoms with van der Waals surface area (Å²) in [6, 6.07) is 3.50. The standard InChI is InChI=1S/C10H10N2O3/c1-6-2-8-3-7(4-9(13)14)5-12(8)10(15)11-6/h2-3,5H,4H2,1H3,(H,11,15)(H,13,14). The number of aromatic nitrogens is 2. The van der Waals surface area contributed by atoms with Crippen molar-refractivity contribution in [3.8, 4) is 0 Å². The van der Waals surface area contributed by atoms with Gasteiger partial charge in [0, 0.05) is 11.9 Å². The Labute approximate surface area is 85.0 Å². The van der Waals surface area contributed by atoms with Gasteiger partial charge in [-0.15, -0.1) is 0 Å². The summed E-state index contributed by atoms with van der Waals surface area (Å²) in [5, 5.41) is 8.62. The first-order valence-electron chi connectivity index (χ1n) is 4.49. The van der Waals surface area contributed by atoms with Gasteiger partial charge in [0.1, 0.15) is 0 Å². The molecule has 5 heteroatoms. The Morgan fingerprint density at radius 3 is 2.93 bits per heavy atom. The van der Waals surface area contributed by atoms with Gasteiger partial charge < -0.3 is 10.1 Å². The molecule has 78 valence electrons. The van der Waals surface area contributed by atoms with Gasteiger partial charge in [-0.25, -0.2) is 4.79 Å². The maximum atomic E-state index is 11.5. The van der Waals surface area contributed by atoms with Crippen molar-refractivity contribution in [3.63, 3.8) is 0 Å². The predicted molar refractivity (Wildman–Crippen MR) is 54.1 cm³/mol. The second-order valence-corrected chi connectivity index (χ2v) is 3.47. The SMILES string of the molecule is Cc1cc2cc(CC(=O)O)cn2c(=O)[nH]1. The van der Waals surface area contributed by atoms with E-state index >= 15 is 0 Å². The maximum Gasteiger partial charge on any atom is 0.330 e. The first kappa shape index (κ1) is 9.51. The Balaban J connectivity index is 2.60. The van der Waals surface area contributed by atoms with Crippen LogP contribution in [0.2, 0.25) is 0 Å². The van der Waals surface area contributed by atoms with E-state index < -0.39 is 5.97 Å². The summed E-state index contributed by atoms with van der Waals surface area (Å²) < 4.78 is 1.41. The third-order valence-electron chi connectivity index (χ3n) is 2.15. The van der Waals surface area contributed by atoms with Crippen molar-refractivity contribution < 1.29 is 9.90 Å². The summed E-state index contributed by atoms with van der Waals surface area (Å²) in [5.41, 5.74) is 1.85. The first-order valence-corrected chi connectivity index (χ1v) is 4.49. The fourth-order valence-corrected chi connectivity index (χ4v) is 1.58. The molecule has 0 amide bonds. The summed E-state index contributed by atoms with van der Waals surface area (Å²) in [5.74, 6) is -0.904. The van der Waals surface area contributed by atoms with Gasteiger partial charge >= 0.3 is 11.7 Å². The van der Waals surface area contributed by atoms with Gasteiger partial charge in [0.05, 0.1) is 11.9 Å². The highest BCUT2D eigenvalue weighted by Gasteiger charge is 2.06. The van der Waals surface area contributed by atoms with Crippen LogP contribution in [-0.2, 0) is 11.2 Å². The van der Waals surface area contributed by atoms with Gasteiger partial charge in [0.2, 0.25) is 0 Å². The molecule has 0 atom stereocenters. The highest BCUT2D eigenvalue weighted by atomic mass is 16.4. The average molecular weight is 206 g/mol. The van der Waals surface area contributed by atoms with Crippen LogP contribution < -0.4 is 5.69 Å². The molecule has 0 bridgehead atoms. The number of fused-ring (bicyclic) bond motifs is 1. The quantitative estimate of drug-likeness (QED) is 0.754. The molecule has 2 heterocycles. The van der Waals surface area contributed by atoms with Crippen LogP contribution in [0.25, 0.3) is 5.52 Å². The number of hydrogen-bond donors (Lipinski definition) is 2. The largest absolute Gasteiger partial charge is 0.481 e. The molecule has 5 nitrogen and oxygen atoms in total. The lowest BCUT2D eigenvalue weighted by Gasteiger charge is -1.94. The Kier molecular flexibility index (Phi) is 2.07. The minimum atomic E-state index is -0.904. The van der Waals surface area contributed by atoms with Gasteiger partial charge in [0.15, 0.2) is 0 Å². The lowest BCUT2D eigenvalue weighted by molar-refractivity contribution is -0.136. The number of H-pyrrole nitrogens is 1. The number of aliphatic carboxylic acids is 1. The minimum Gasteiger partial charge on any atom is -0.481 e. The van der Waals surface area contributed by atoms with Crippen molar-refractivity contribution in [2.45, 2.75) is 13.3 Å². The normalized spacial score (nSPS) is 10.7. The molecule has 0 aliphatic rings. The molecule has 2 aromatic rings. The Hall–Kier alpha value is -2.04. The Morgan fingerprint density at radius 1 is 1.53 bits per heavy atom. The van der Waals surface area contributed by atoms with Crippen molar-refractivity contribution in [1.29, 1.82) is 0 Å². The van der Waals surface area contributed by atoms with Crippen LogP contribution in [-0.4, -0.2) is 20.5 Å². The number of nitrogens with one attached hydrogen (secondary N) is 1. The topological polar surface area (TPSA) is 74.6 Å². The third kappa shape index (κ3) is 1.76. The molecule has 0 radical (unpaired) electrons. The lowest BCUT2D eigenvalue weighted by Crippen LogP contribution is -2.15. The fraction of sp³-hybridized carbons (Fsp3) is 0.200. The molecule has 0 aliphatic carbocycles. The zero-order chi connectivity index (χ0) is 11.0. The van der Waals surface area contributed by atoms with Crippen molar-refractivity contribution in [3.05, 3.63) is 40.1 Å². The van der Waals surface area contributed by atoms with Crippen LogP contribution >= 0.6 is 0 Å². The molecule has 0 saturated heterocycles. The Morgan fingerprint density at radius 2 is 2.27 bits per heavy atom. The third-order valence-corrected chi connectivity index (χ3v) is 2.15. The highest BCUT2D eigenvalue weighted by Crippen LogP contribution is 2.08. The van der Waals surface area contributed by atoms with Crippen LogP contribution in [0, 0.1) is 6.92 Å². The summed E-state index contributed by atoms with van der Waals surface area (Å²) in [4.78, 5) is 24.6. The van der Waals surface area contributed by atoms with Gasteiger partial charge in [-0.3, -0.25) is 9.20 Å². The molecule has 2 N–H and O–H groups in total.